The zero-order valence-corrected chi connectivity index (χ0v) is 11.0. The summed E-state index contributed by atoms with van der Waals surface area (Å²) in [5, 5.41) is 8.13. The Bertz CT molecular complexity index is 688. The van der Waals surface area contributed by atoms with E-state index in [-0.39, 0.29) is 6.04 Å². The van der Waals surface area contributed by atoms with E-state index >= 15 is 0 Å². The molecule has 20 heavy (non-hydrogen) atoms. The van der Waals surface area contributed by atoms with Gasteiger partial charge in [-0.25, -0.2) is 10.1 Å². The van der Waals surface area contributed by atoms with Crippen molar-refractivity contribution < 1.29 is 4.42 Å². The molecule has 0 aliphatic rings. The molecule has 0 aliphatic heterocycles. The van der Waals surface area contributed by atoms with E-state index in [1.165, 1.54) is 0 Å². The lowest BCUT2D eigenvalue weighted by Crippen LogP contribution is -2.30. The van der Waals surface area contributed by atoms with Crippen LogP contribution in [-0.4, -0.2) is 15.0 Å². The molecule has 3 aromatic rings. The number of para-hydroxylation sites is 1. The quantitative estimate of drug-likeness (QED) is 0.556. The highest BCUT2D eigenvalue weighted by Gasteiger charge is 2.21. The molecule has 6 heteroatoms. The van der Waals surface area contributed by atoms with Crippen LogP contribution in [-0.2, 0) is 0 Å². The van der Waals surface area contributed by atoms with Crippen LogP contribution in [0.5, 0.6) is 0 Å². The number of nitrogens with one attached hydrogen (secondary N) is 1. The Hall–Kier alpha value is -2.44. The van der Waals surface area contributed by atoms with Gasteiger partial charge in [0.15, 0.2) is 0 Å². The minimum atomic E-state index is -0.232. The van der Waals surface area contributed by atoms with Crippen LogP contribution in [0.2, 0.25) is 0 Å². The van der Waals surface area contributed by atoms with Crippen molar-refractivity contribution in [2.24, 2.45) is 5.84 Å². The molecule has 1 atom stereocenters. The summed E-state index contributed by atoms with van der Waals surface area (Å²) in [5.74, 6) is 6.52. The van der Waals surface area contributed by atoms with Crippen LogP contribution >= 0.6 is 0 Å². The number of nitrogens with two attached hydrogens (primary N) is 1. The topological polar surface area (TPSA) is 81.9 Å². The second kappa shape index (κ2) is 5.28. The molecule has 0 aliphatic carbocycles. The number of hydrogen-bond acceptors (Lipinski definition) is 5. The molecule has 1 aromatic carbocycles. The molecule has 0 fully saturated rings. The van der Waals surface area contributed by atoms with Crippen LogP contribution in [0.1, 0.15) is 23.1 Å². The summed E-state index contributed by atoms with van der Waals surface area (Å²) in [6, 6.07) is 11.5. The normalized spacial score (nSPS) is 12.5. The predicted octanol–water partition coefficient (Wildman–Crippen LogP) is 1.72. The zero-order valence-electron chi connectivity index (χ0n) is 11.0. The average molecular weight is 269 g/mol. The van der Waals surface area contributed by atoms with E-state index in [2.05, 4.69) is 15.7 Å². The molecule has 0 saturated heterocycles. The van der Waals surface area contributed by atoms with Crippen molar-refractivity contribution in [3.8, 4) is 5.69 Å². The third kappa shape index (κ3) is 2.11. The highest BCUT2D eigenvalue weighted by molar-refractivity contribution is 5.35. The molecule has 2 aromatic heterocycles. The van der Waals surface area contributed by atoms with Crippen molar-refractivity contribution in [2.75, 3.05) is 0 Å². The van der Waals surface area contributed by atoms with Gasteiger partial charge in [-0.15, -0.1) is 5.10 Å². The van der Waals surface area contributed by atoms with Crippen LogP contribution in [0.25, 0.3) is 5.69 Å². The summed E-state index contributed by atoms with van der Waals surface area (Å²) in [6.07, 6.45) is 3.34. The maximum atomic E-state index is 5.71. The molecule has 1 unspecified atom stereocenters. The molecule has 3 rings (SSSR count). The molecule has 2 heterocycles. The van der Waals surface area contributed by atoms with Crippen LogP contribution < -0.4 is 11.3 Å². The lowest BCUT2D eigenvalue weighted by atomic mass is 10.1. The summed E-state index contributed by atoms with van der Waals surface area (Å²) in [6.45, 7) is 1.90. The van der Waals surface area contributed by atoms with Gasteiger partial charge in [0.2, 0.25) is 0 Å². The number of furan rings is 1. The minimum absolute atomic E-state index is 0.232. The van der Waals surface area contributed by atoms with Crippen molar-refractivity contribution in [3.63, 3.8) is 0 Å². The molecule has 6 nitrogen and oxygen atoms in total. The Morgan fingerprint density at radius 1 is 1.25 bits per heavy atom. The summed E-state index contributed by atoms with van der Waals surface area (Å²) < 4.78 is 7.11. The lowest BCUT2D eigenvalue weighted by Gasteiger charge is -2.16. The van der Waals surface area contributed by atoms with Gasteiger partial charge in [0.25, 0.3) is 0 Å². The smallest absolute Gasteiger partial charge is 0.105 e. The number of hydrazine groups is 1. The second-order valence-electron chi connectivity index (χ2n) is 4.44. The van der Waals surface area contributed by atoms with Gasteiger partial charge in [0.1, 0.15) is 5.76 Å². The van der Waals surface area contributed by atoms with Crippen molar-refractivity contribution in [1.29, 1.82) is 0 Å². The van der Waals surface area contributed by atoms with Gasteiger partial charge in [0.05, 0.1) is 29.9 Å². The maximum absolute atomic E-state index is 5.71. The fraction of sp³-hybridized carbons (Fsp3) is 0.143. The molecule has 3 N–H and O–H groups in total. The van der Waals surface area contributed by atoms with Crippen molar-refractivity contribution in [1.82, 2.24) is 20.4 Å². The number of nitrogens with zero attached hydrogens (tertiary/aromatic N) is 3. The number of benzene rings is 1. The first kappa shape index (κ1) is 12.6. The van der Waals surface area contributed by atoms with E-state index in [9.17, 15) is 0 Å². The van der Waals surface area contributed by atoms with Crippen LogP contribution in [0.4, 0.5) is 0 Å². The molecule has 0 radical (unpaired) electrons. The van der Waals surface area contributed by atoms with E-state index in [4.69, 9.17) is 10.3 Å². The van der Waals surface area contributed by atoms with Crippen molar-refractivity contribution in [2.45, 2.75) is 13.0 Å². The minimum Gasteiger partial charge on any atom is -0.469 e. The molecule has 0 amide bonds. The first-order valence-corrected chi connectivity index (χ1v) is 6.27. The molecule has 102 valence electrons. The first-order valence-electron chi connectivity index (χ1n) is 6.27. The van der Waals surface area contributed by atoms with E-state index in [1.807, 2.05) is 43.3 Å². The third-order valence-electron chi connectivity index (χ3n) is 3.25. The van der Waals surface area contributed by atoms with Crippen LogP contribution in [0.15, 0.2) is 53.3 Å². The van der Waals surface area contributed by atoms with Crippen LogP contribution in [0, 0.1) is 6.92 Å². The number of hydrogen-bond donors (Lipinski definition) is 2. The van der Waals surface area contributed by atoms with E-state index < -0.39 is 0 Å². The van der Waals surface area contributed by atoms with Gasteiger partial charge in [-0.1, -0.05) is 23.4 Å². The highest BCUT2D eigenvalue weighted by Crippen LogP contribution is 2.25. The molecule has 0 spiro atoms. The van der Waals surface area contributed by atoms with E-state index in [0.717, 1.165) is 22.7 Å². The summed E-state index contributed by atoms with van der Waals surface area (Å²) in [5.41, 5.74) is 5.54. The SMILES string of the molecule is Cc1occc1C(NN)c1cnnn1-c1ccccc1. The molecule has 0 saturated carbocycles. The summed E-state index contributed by atoms with van der Waals surface area (Å²) >= 11 is 0. The van der Waals surface area contributed by atoms with Gasteiger partial charge in [-0.3, -0.25) is 5.84 Å². The van der Waals surface area contributed by atoms with Gasteiger partial charge < -0.3 is 4.42 Å². The van der Waals surface area contributed by atoms with Crippen molar-refractivity contribution in [3.05, 3.63) is 65.9 Å². The Kier molecular flexibility index (Phi) is 3.32. The second-order valence-corrected chi connectivity index (χ2v) is 4.44. The maximum Gasteiger partial charge on any atom is 0.105 e. The Morgan fingerprint density at radius 3 is 2.70 bits per heavy atom. The van der Waals surface area contributed by atoms with Gasteiger partial charge >= 0.3 is 0 Å². The zero-order chi connectivity index (χ0) is 13.9. The lowest BCUT2D eigenvalue weighted by molar-refractivity contribution is 0.515. The molecule has 0 bridgehead atoms. The average Bonchev–Trinajstić information content (AvgIpc) is 3.11. The third-order valence-corrected chi connectivity index (χ3v) is 3.25. The highest BCUT2D eigenvalue weighted by atomic mass is 16.3. The van der Waals surface area contributed by atoms with E-state index in [0.29, 0.717) is 0 Å². The fourth-order valence-electron chi connectivity index (χ4n) is 2.24. The summed E-state index contributed by atoms with van der Waals surface area (Å²) in [4.78, 5) is 0. The molecular formula is C14H15N5O. The predicted molar refractivity (Wildman–Crippen MR) is 74.0 cm³/mol. The largest absolute Gasteiger partial charge is 0.469 e. The van der Waals surface area contributed by atoms with Gasteiger partial charge in [-0.2, -0.15) is 0 Å². The number of aromatic nitrogens is 3. The van der Waals surface area contributed by atoms with Crippen LogP contribution in [0.3, 0.4) is 0 Å². The first-order chi connectivity index (χ1) is 9.81. The Morgan fingerprint density at radius 2 is 2.05 bits per heavy atom. The van der Waals surface area contributed by atoms with Gasteiger partial charge in [-0.05, 0) is 25.1 Å². The number of rotatable bonds is 4. The standard InChI is InChI=1S/C14H15N5O/c1-10-12(7-8-20-10)14(17-15)13-9-16-18-19(13)11-5-3-2-4-6-11/h2-9,14,17H,15H2,1H3. The fourth-order valence-corrected chi connectivity index (χ4v) is 2.24. The monoisotopic (exact) mass is 269 g/mol. The summed E-state index contributed by atoms with van der Waals surface area (Å²) in [7, 11) is 0. The molecular weight excluding hydrogens is 254 g/mol. The Balaban J connectivity index is 2.07. The van der Waals surface area contributed by atoms with E-state index in [1.54, 1.807) is 17.1 Å². The van der Waals surface area contributed by atoms with Gasteiger partial charge in [0, 0.05) is 5.56 Å². The number of aryl methyl sites for hydroxylation is 1. The Labute approximate surface area is 116 Å². The van der Waals surface area contributed by atoms with Crippen molar-refractivity contribution >= 4 is 0 Å².